The predicted octanol–water partition coefficient (Wildman–Crippen LogP) is 3.02. The highest BCUT2D eigenvalue weighted by Crippen LogP contribution is 2.38. The molecule has 0 spiro atoms. The van der Waals surface area contributed by atoms with Crippen molar-refractivity contribution in [2.24, 2.45) is 0 Å². The van der Waals surface area contributed by atoms with Crippen LogP contribution in [0, 0.1) is 0 Å². The van der Waals surface area contributed by atoms with E-state index in [0.29, 0.717) is 52.1 Å². The lowest BCUT2D eigenvalue weighted by Crippen LogP contribution is -2.34. The predicted molar refractivity (Wildman–Crippen MR) is 139 cm³/mol. The Balaban J connectivity index is 1.66. The number of H-pyrrole nitrogens is 1. The Kier molecular flexibility index (Phi) is 8.01. The number of benzene rings is 2. The zero-order valence-electron chi connectivity index (χ0n) is 20.1. The lowest BCUT2D eigenvalue weighted by molar-refractivity contribution is 0.0553. The van der Waals surface area contributed by atoms with E-state index in [1.165, 1.54) is 31.0 Å². The number of aryl methyl sites for hydroxylation is 2. The number of ether oxygens (including phenoxy) is 2. The fourth-order valence-electron chi connectivity index (χ4n) is 4.06. The molecule has 0 aliphatic rings. The zero-order valence-corrected chi connectivity index (χ0v) is 21.7. The van der Waals surface area contributed by atoms with Gasteiger partial charge in [0.05, 0.1) is 42.7 Å². The Labute approximate surface area is 222 Å². The molecule has 0 radical (unpaired) electrons. The summed E-state index contributed by atoms with van der Waals surface area (Å²) in [5, 5.41) is 21.2. The summed E-state index contributed by atoms with van der Waals surface area (Å²) < 4.78 is 13.8. The molecule has 4 aromatic rings. The van der Waals surface area contributed by atoms with Gasteiger partial charge < -0.3 is 19.1 Å². The highest BCUT2D eigenvalue weighted by Gasteiger charge is 2.35. The first-order valence-corrected chi connectivity index (χ1v) is 12.1. The van der Waals surface area contributed by atoms with Crippen LogP contribution in [-0.4, -0.2) is 43.9 Å². The first-order valence-electron chi connectivity index (χ1n) is 11.3. The molecule has 12 heteroatoms. The van der Waals surface area contributed by atoms with Crippen molar-refractivity contribution in [2.75, 3.05) is 14.2 Å². The van der Waals surface area contributed by atoms with Crippen molar-refractivity contribution >= 4 is 23.2 Å². The number of aromatic nitrogens is 5. The number of nitrogens with one attached hydrogen (secondary N) is 1. The molecule has 194 valence electrons. The van der Waals surface area contributed by atoms with Gasteiger partial charge in [0.1, 0.15) is 17.1 Å². The molecule has 0 amide bonds. The molecule has 2 aromatic carbocycles. The van der Waals surface area contributed by atoms with Gasteiger partial charge in [-0.15, -0.1) is 5.10 Å². The van der Waals surface area contributed by atoms with Crippen LogP contribution < -0.4 is 20.7 Å². The van der Waals surface area contributed by atoms with Crippen molar-refractivity contribution in [1.82, 2.24) is 24.5 Å². The van der Waals surface area contributed by atoms with Crippen LogP contribution in [0.1, 0.15) is 23.2 Å². The summed E-state index contributed by atoms with van der Waals surface area (Å²) in [7, 11) is 3.00. The number of nitrogens with zero attached hydrogens (tertiary/aromatic N) is 4. The van der Waals surface area contributed by atoms with Crippen molar-refractivity contribution < 1.29 is 14.6 Å². The first kappa shape index (κ1) is 26.5. The average Bonchev–Trinajstić information content (AvgIpc) is 3.32. The van der Waals surface area contributed by atoms with Crippen LogP contribution in [0.15, 0.2) is 64.4 Å². The van der Waals surface area contributed by atoms with E-state index < -0.39 is 16.9 Å². The molecule has 0 saturated carbocycles. The van der Waals surface area contributed by atoms with Crippen molar-refractivity contribution in [2.45, 2.75) is 31.5 Å². The molecular formula is C25H25Cl2N5O5. The van der Waals surface area contributed by atoms with Crippen molar-refractivity contribution in [1.29, 1.82) is 0 Å². The lowest BCUT2D eigenvalue weighted by Gasteiger charge is -2.30. The molecule has 0 bridgehead atoms. The maximum atomic E-state index is 12.2. The summed E-state index contributed by atoms with van der Waals surface area (Å²) in [6, 6.07) is 11.4. The van der Waals surface area contributed by atoms with Crippen LogP contribution in [0.4, 0.5) is 0 Å². The number of halogens is 2. The van der Waals surface area contributed by atoms with Gasteiger partial charge in [-0.1, -0.05) is 40.5 Å². The molecule has 0 aliphatic heterocycles. The second-order valence-corrected chi connectivity index (χ2v) is 9.16. The third-order valence-electron chi connectivity index (χ3n) is 6.06. The van der Waals surface area contributed by atoms with Crippen molar-refractivity contribution in [3.05, 3.63) is 103 Å². The third-order valence-corrected chi connectivity index (χ3v) is 6.69. The molecule has 2 heterocycles. The van der Waals surface area contributed by atoms with Crippen LogP contribution >= 0.6 is 23.2 Å². The lowest BCUT2D eigenvalue weighted by atomic mass is 9.85. The molecule has 4 rings (SSSR count). The molecule has 2 aromatic heterocycles. The summed E-state index contributed by atoms with van der Waals surface area (Å²) in [6.45, 7) is 0.393. The van der Waals surface area contributed by atoms with Gasteiger partial charge in [-0.3, -0.25) is 9.78 Å². The van der Waals surface area contributed by atoms with E-state index >= 15 is 0 Å². The molecule has 0 fully saturated rings. The fourth-order valence-corrected chi connectivity index (χ4v) is 4.45. The number of aliphatic hydroxyl groups is 1. The topological polar surface area (TPSA) is 124 Å². The Hall–Kier alpha value is -3.60. The van der Waals surface area contributed by atoms with Gasteiger partial charge in [0, 0.05) is 18.8 Å². The van der Waals surface area contributed by atoms with E-state index in [1.54, 1.807) is 47.3 Å². The van der Waals surface area contributed by atoms with Crippen LogP contribution in [0.5, 0.6) is 11.5 Å². The summed E-state index contributed by atoms with van der Waals surface area (Å²) >= 11 is 12.5. The van der Waals surface area contributed by atoms with Crippen LogP contribution in [0.2, 0.25) is 10.0 Å². The number of aromatic amines is 1. The molecular weight excluding hydrogens is 521 g/mol. The Bertz CT molecular complexity index is 1460. The minimum absolute atomic E-state index is 0.0104. The van der Waals surface area contributed by atoms with Gasteiger partial charge in [-0.25, -0.2) is 9.48 Å². The normalized spacial score (nSPS) is 11.5. The number of hydrogen-bond acceptors (Lipinski definition) is 7. The molecule has 0 unspecified atom stereocenters. The van der Waals surface area contributed by atoms with Gasteiger partial charge in [0.15, 0.2) is 0 Å². The summed E-state index contributed by atoms with van der Waals surface area (Å²) in [4.78, 5) is 25.5. The Morgan fingerprint density at radius 1 is 1.00 bits per heavy atom. The average molecular weight is 546 g/mol. The summed E-state index contributed by atoms with van der Waals surface area (Å²) in [6.07, 6.45) is 4.15. The standard InChI is InChI=1S/C25H25Cl2N5O5/c1-36-21-12-16(5-7-19(21)26)25(35,17-6-8-20(27)22(13-17)37-2)15-32-18(14-28-30-32)4-3-10-31-11-9-23(33)29-24(31)34/h5-9,11-14,35H,3-4,10,15H2,1-2H3,(H,29,33,34). The largest absolute Gasteiger partial charge is 0.495 e. The van der Waals surface area contributed by atoms with E-state index in [2.05, 4.69) is 15.3 Å². The van der Waals surface area contributed by atoms with Crippen molar-refractivity contribution in [3.63, 3.8) is 0 Å². The quantitative estimate of drug-likeness (QED) is 0.313. The Morgan fingerprint density at radius 2 is 1.62 bits per heavy atom. The van der Waals surface area contributed by atoms with Crippen molar-refractivity contribution in [3.8, 4) is 11.5 Å². The number of rotatable bonds is 10. The van der Waals surface area contributed by atoms with E-state index in [1.807, 2.05) is 0 Å². The van der Waals surface area contributed by atoms with Gasteiger partial charge in [0.25, 0.3) is 5.56 Å². The van der Waals surface area contributed by atoms with Gasteiger partial charge in [0.2, 0.25) is 0 Å². The van der Waals surface area contributed by atoms with Crippen LogP contribution in [0.3, 0.4) is 0 Å². The minimum Gasteiger partial charge on any atom is -0.495 e. The number of hydrogen-bond donors (Lipinski definition) is 2. The molecule has 0 saturated heterocycles. The molecule has 0 aliphatic carbocycles. The molecule has 37 heavy (non-hydrogen) atoms. The van der Waals surface area contributed by atoms with E-state index in [-0.39, 0.29) is 6.54 Å². The van der Waals surface area contributed by atoms with Gasteiger partial charge >= 0.3 is 5.69 Å². The van der Waals surface area contributed by atoms with E-state index in [9.17, 15) is 14.7 Å². The smallest absolute Gasteiger partial charge is 0.328 e. The zero-order chi connectivity index (χ0) is 26.6. The SMILES string of the molecule is COc1cc(C(O)(Cn2nncc2CCCn2ccc(=O)[nH]c2=O)c2ccc(Cl)c(OC)c2)ccc1Cl. The maximum absolute atomic E-state index is 12.2. The molecule has 0 atom stereocenters. The Morgan fingerprint density at radius 3 is 2.19 bits per heavy atom. The first-order chi connectivity index (χ1) is 17.7. The molecule has 10 nitrogen and oxygen atoms in total. The highest BCUT2D eigenvalue weighted by atomic mass is 35.5. The van der Waals surface area contributed by atoms with Crippen LogP contribution in [0.25, 0.3) is 0 Å². The second kappa shape index (κ2) is 11.2. The van der Waals surface area contributed by atoms with Gasteiger partial charge in [-0.05, 0) is 48.2 Å². The second-order valence-electron chi connectivity index (χ2n) is 8.35. The maximum Gasteiger partial charge on any atom is 0.328 e. The van der Waals surface area contributed by atoms with E-state index in [4.69, 9.17) is 32.7 Å². The van der Waals surface area contributed by atoms with Crippen LogP contribution in [-0.2, 0) is 25.1 Å². The monoisotopic (exact) mass is 545 g/mol. The fraction of sp³-hybridized carbons (Fsp3) is 0.280. The van der Waals surface area contributed by atoms with Gasteiger partial charge in [-0.2, -0.15) is 0 Å². The summed E-state index contributed by atoms with van der Waals surface area (Å²) in [5.74, 6) is 0.812. The van der Waals surface area contributed by atoms with E-state index in [0.717, 1.165) is 5.69 Å². The molecule has 2 N–H and O–H groups in total. The third kappa shape index (κ3) is 5.71. The number of methoxy groups -OCH3 is 2. The highest BCUT2D eigenvalue weighted by molar-refractivity contribution is 6.32. The minimum atomic E-state index is -1.59. The summed E-state index contributed by atoms with van der Waals surface area (Å²) in [5.41, 5.74) is -0.729.